The number of carbonyl (C=O) groups is 1. The predicted molar refractivity (Wildman–Crippen MR) is 74.3 cm³/mol. The van der Waals surface area contributed by atoms with Crippen LogP contribution in [0.15, 0.2) is 18.2 Å². The zero-order chi connectivity index (χ0) is 13.1. The number of primary amides is 1. The number of piperidine rings is 1. The molecule has 1 aromatic rings. The molecule has 0 spiro atoms. The fraction of sp³-hybridized carbons (Fsp3) is 0.462. The van der Waals surface area contributed by atoms with E-state index in [1.54, 1.807) is 12.1 Å². The van der Waals surface area contributed by atoms with Gasteiger partial charge in [0.05, 0.1) is 5.56 Å². The van der Waals surface area contributed by atoms with Crippen molar-refractivity contribution in [3.8, 4) is 0 Å². The van der Waals surface area contributed by atoms with Crippen LogP contribution in [0.3, 0.4) is 0 Å². The SMILES string of the molecule is CNC1CCCN(c2ccc(Cl)cc2C(N)=O)C1. The summed E-state index contributed by atoms with van der Waals surface area (Å²) in [7, 11) is 1.96. The normalized spacial score (nSPS) is 19.9. The second-order valence-corrected chi connectivity index (χ2v) is 5.04. The molecule has 1 aromatic carbocycles. The van der Waals surface area contributed by atoms with Gasteiger partial charge in [-0.05, 0) is 38.1 Å². The van der Waals surface area contributed by atoms with Gasteiger partial charge in [-0.3, -0.25) is 4.79 Å². The zero-order valence-electron chi connectivity index (χ0n) is 10.4. The Labute approximate surface area is 112 Å². The standard InChI is InChI=1S/C13H18ClN3O/c1-16-10-3-2-6-17(8-10)12-5-4-9(14)7-11(12)13(15)18/h4-5,7,10,16H,2-3,6,8H2,1H3,(H2,15,18). The van der Waals surface area contributed by atoms with E-state index in [4.69, 9.17) is 17.3 Å². The molecule has 1 fully saturated rings. The molecule has 4 nitrogen and oxygen atoms in total. The van der Waals surface area contributed by atoms with Crippen LogP contribution < -0.4 is 16.0 Å². The van der Waals surface area contributed by atoms with Crippen LogP contribution in [0, 0.1) is 0 Å². The summed E-state index contributed by atoms with van der Waals surface area (Å²) in [6, 6.07) is 5.77. The molecule has 3 N–H and O–H groups in total. The van der Waals surface area contributed by atoms with Crippen molar-refractivity contribution in [2.45, 2.75) is 18.9 Å². The van der Waals surface area contributed by atoms with E-state index in [1.165, 1.54) is 0 Å². The number of carbonyl (C=O) groups excluding carboxylic acids is 1. The van der Waals surface area contributed by atoms with Crippen LogP contribution in [-0.4, -0.2) is 32.1 Å². The summed E-state index contributed by atoms with van der Waals surface area (Å²) in [5, 5.41) is 3.82. The number of nitrogens with two attached hydrogens (primary N) is 1. The highest BCUT2D eigenvalue weighted by molar-refractivity contribution is 6.31. The number of anilines is 1. The minimum absolute atomic E-state index is 0.431. The van der Waals surface area contributed by atoms with Gasteiger partial charge in [0.1, 0.15) is 0 Å². The summed E-state index contributed by atoms with van der Waals surface area (Å²) in [6.07, 6.45) is 2.26. The van der Waals surface area contributed by atoms with E-state index in [2.05, 4.69) is 10.2 Å². The first-order valence-corrected chi connectivity index (χ1v) is 6.51. The van der Waals surface area contributed by atoms with E-state index in [0.29, 0.717) is 16.6 Å². The van der Waals surface area contributed by atoms with Crippen LogP contribution in [0.5, 0.6) is 0 Å². The molecule has 1 saturated heterocycles. The van der Waals surface area contributed by atoms with Crippen molar-refractivity contribution >= 4 is 23.2 Å². The average molecular weight is 268 g/mol. The van der Waals surface area contributed by atoms with Gasteiger partial charge in [-0.15, -0.1) is 0 Å². The number of amides is 1. The monoisotopic (exact) mass is 267 g/mol. The maximum Gasteiger partial charge on any atom is 0.250 e. The van der Waals surface area contributed by atoms with Gasteiger partial charge in [-0.25, -0.2) is 0 Å². The van der Waals surface area contributed by atoms with Gasteiger partial charge in [-0.1, -0.05) is 11.6 Å². The Morgan fingerprint density at radius 1 is 1.56 bits per heavy atom. The Kier molecular flexibility index (Phi) is 4.09. The number of hydrogen-bond acceptors (Lipinski definition) is 3. The molecule has 0 aromatic heterocycles. The molecule has 0 bridgehead atoms. The molecule has 0 radical (unpaired) electrons. The largest absolute Gasteiger partial charge is 0.369 e. The molecule has 1 atom stereocenters. The fourth-order valence-electron chi connectivity index (χ4n) is 2.41. The minimum Gasteiger partial charge on any atom is -0.369 e. The lowest BCUT2D eigenvalue weighted by atomic mass is 10.0. The van der Waals surface area contributed by atoms with Crippen molar-refractivity contribution in [3.05, 3.63) is 28.8 Å². The zero-order valence-corrected chi connectivity index (χ0v) is 11.2. The number of rotatable bonds is 3. The minimum atomic E-state index is -0.431. The van der Waals surface area contributed by atoms with Gasteiger partial charge < -0.3 is 16.0 Å². The Balaban J connectivity index is 2.29. The van der Waals surface area contributed by atoms with E-state index in [-0.39, 0.29) is 0 Å². The number of nitrogens with one attached hydrogen (secondary N) is 1. The fourth-order valence-corrected chi connectivity index (χ4v) is 2.59. The van der Waals surface area contributed by atoms with Gasteiger partial charge in [0, 0.05) is 29.8 Å². The molecule has 1 aliphatic heterocycles. The van der Waals surface area contributed by atoms with Crippen LogP contribution in [0.4, 0.5) is 5.69 Å². The third kappa shape index (κ3) is 2.76. The van der Waals surface area contributed by atoms with Crippen LogP contribution in [0.25, 0.3) is 0 Å². The lowest BCUT2D eigenvalue weighted by molar-refractivity contribution is 0.100. The summed E-state index contributed by atoms with van der Waals surface area (Å²) in [5.74, 6) is -0.431. The van der Waals surface area contributed by atoms with Crippen LogP contribution in [0.2, 0.25) is 5.02 Å². The molecule has 1 heterocycles. The first-order valence-electron chi connectivity index (χ1n) is 6.13. The molecule has 0 saturated carbocycles. The molecule has 5 heteroatoms. The molecule has 0 aliphatic carbocycles. The molecule has 1 aliphatic rings. The molecule has 18 heavy (non-hydrogen) atoms. The highest BCUT2D eigenvalue weighted by Gasteiger charge is 2.22. The van der Waals surface area contributed by atoms with Crippen molar-refractivity contribution in [2.24, 2.45) is 5.73 Å². The number of likely N-dealkylation sites (N-methyl/N-ethyl adjacent to an activating group) is 1. The number of nitrogens with zero attached hydrogens (tertiary/aromatic N) is 1. The quantitative estimate of drug-likeness (QED) is 0.875. The molecular weight excluding hydrogens is 250 g/mol. The number of benzene rings is 1. The Morgan fingerprint density at radius 3 is 3.00 bits per heavy atom. The lowest BCUT2D eigenvalue weighted by Crippen LogP contribution is -2.45. The number of halogens is 1. The van der Waals surface area contributed by atoms with Crippen molar-refractivity contribution in [1.29, 1.82) is 0 Å². The summed E-state index contributed by atoms with van der Waals surface area (Å²) in [5.41, 5.74) is 6.80. The van der Waals surface area contributed by atoms with E-state index in [1.807, 2.05) is 13.1 Å². The van der Waals surface area contributed by atoms with Gasteiger partial charge in [-0.2, -0.15) is 0 Å². The molecule has 1 unspecified atom stereocenters. The van der Waals surface area contributed by atoms with Crippen molar-refractivity contribution in [2.75, 3.05) is 25.0 Å². The third-order valence-corrected chi connectivity index (χ3v) is 3.63. The summed E-state index contributed by atoms with van der Waals surface area (Å²) in [6.45, 7) is 1.83. The predicted octanol–water partition coefficient (Wildman–Crippen LogP) is 1.63. The molecule has 1 amide bonds. The smallest absolute Gasteiger partial charge is 0.250 e. The van der Waals surface area contributed by atoms with Gasteiger partial charge in [0.2, 0.25) is 0 Å². The van der Waals surface area contributed by atoms with E-state index < -0.39 is 5.91 Å². The molecule has 98 valence electrons. The van der Waals surface area contributed by atoms with Crippen LogP contribution in [-0.2, 0) is 0 Å². The van der Waals surface area contributed by atoms with Crippen molar-refractivity contribution in [1.82, 2.24) is 5.32 Å². The van der Waals surface area contributed by atoms with E-state index >= 15 is 0 Å². The Hall–Kier alpha value is -1.26. The summed E-state index contributed by atoms with van der Waals surface area (Å²) >= 11 is 5.92. The topological polar surface area (TPSA) is 58.4 Å². The first-order chi connectivity index (χ1) is 8.61. The second kappa shape index (κ2) is 5.59. The van der Waals surface area contributed by atoms with E-state index in [9.17, 15) is 4.79 Å². The van der Waals surface area contributed by atoms with E-state index in [0.717, 1.165) is 31.6 Å². The average Bonchev–Trinajstić information content (AvgIpc) is 2.38. The maximum atomic E-state index is 11.5. The highest BCUT2D eigenvalue weighted by Crippen LogP contribution is 2.26. The maximum absolute atomic E-state index is 11.5. The second-order valence-electron chi connectivity index (χ2n) is 4.60. The Bertz CT molecular complexity index is 450. The third-order valence-electron chi connectivity index (χ3n) is 3.39. The number of hydrogen-bond donors (Lipinski definition) is 2. The van der Waals surface area contributed by atoms with Crippen LogP contribution in [0.1, 0.15) is 23.2 Å². The molecule has 2 rings (SSSR count). The Morgan fingerprint density at radius 2 is 2.33 bits per heavy atom. The highest BCUT2D eigenvalue weighted by atomic mass is 35.5. The molecular formula is C13H18ClN3O. The first kappa shape index (κ1) is 13.2. The summed E-state index contributed by atoms with van der Waals surface area (Å²) < 4.78 is 0. The van der Waals surface area contributed by atoms with Gasteiger partial charge in [0.15, 0.2) is 0 Å². The van der Waals surface area contributed by atoms with Crippen LogP contribution >= 0.6 is 11.6 Å². The van der Waals surface area contributed by atoms with Crippen molar-refractivity contribution in [3.63, 3.8) is 0 Å². The van der Waals surface area contributed by atoms with Gasteiger partial charge >= 0.3 is 0 Å². The van der Waals surface area contributed by atoms with Gasteiger partial charge in [0.25, 0.3) is 5.91 Å². The lowest BCUT2D eigenvalue weighted by Gasteiger charge is -2.35. The van der Waals surface area contributed by atoms with Crippen molar-refractivity contribution < 1.29 is 4.79 Å². The summed E-state index contributed by atoms with van der Waals surface area (Å²) in [4.78, 5) is 13.7.